The van der Waals surface area contributed by atoms with E-state index in [2.05, 4.69) is 0 Å². The SMILES string of the molecule is CCCCN(CC(=O)OCC)C(=O)C(N)C(C)(C)C. The molecule has 0 aliphatic carbocycles. The number of rotatable bonds is 7. The van der Waals surface area contributed by atoms with Gasteiger partial charge in [-0.15, -0.1) is 0 Å². The number of unbranched alkanes of at least 4 members (excludes halogenated alkanes) is 1. The Bertz CT molecular complexity index is 298. The third-order valence-corrected chi connectivity index (χ3v) is 2.92. The molecule has 112 valence electrons. The summed E-state index contributed by atoms with van der Waals surface area (Å²) in [6.45, 7) is 10.4. The highest BCUT2D eigenvalue weighted by molar-refractivity contribution is 5.86. The van der Waals surface area contributed by atoms with Crippen LogP contribution in [0.15, 0.2) is 0 Å². The number of carbonyl (C=O) groups excluding carboxylic acids is 2. The lowest BCUT2D eigenvalue weighted by Crippen LogP contribution is -2.52. The van der Waals surface area contributed by atoms with Crippen molar-refractivity contribution in [2.45, 2.75) is 53.5 Å². The molecule has 0 radical (unpaired) electrons. The van der Waals surface area contributed by atoms with Gasteiger partial charge in [-0.1, -0.05) is 34.1 Å². The van der Waals surface area contributed by atoms with Crippen LogP contribution < -0.4 is 5.73 Å². The van der Waals surface area contributed by atoms with Crippen LogP contribution in [0.25, 0.3) is 0 Å². The first-order valence-electron chi connectivity index (χ1n) is 6.94. The lowest BCUT2D eigenvalue weighted by Gasteiger charge is -2.31. The second-order valence-electron chi connectivity index (χ2n) is 5.76. The van der Waals surface area contributed by atoms with Gasteiger partial charge in [-0.3, -0.25) is 9.59 Å². The molecule has 1 atom stereocenters. The van der Waals surface area contributed by atoms with Crippen molar-refractivity contribution in [3.8, 4) is 0 Å². The highest BCUT2D eigenvalue weighted by Crippen LogP contribution is 2.19. The zero-order chi connectivity index (χ0) is 15.1. The van der Waals surface area contributed by atoms with Crippen LogP contribution >= 0.6 is 0 Å². The minimum Gasteiger partial charge on any atom is -0.465 e. The fourth-order valence-corrected chi connectivity index (χ4v) is 1.55. The predicted molar refractivity (Wildman–Crippen MR) is 75.6 cm³/mol. The molecule has 0 heterocycles. The molecule has 0 fully saturated rings. The van der Waals surface area contributed by atoms with Crippen molar-refractivity contribution < 1.29 is 14.3 Å². The van der Waals surface area contributed by atoms with Gasteiger partial charge in [0.2, 0.25) is 5.91 Å². The number of esters is 1. The quantitative estimate of drug-likeness (QED) is 0.714. The Kier molecular flexibility index (Phi) is 7.68. The van der Waals surface area contributed by atoms with Gasteiger partial charge in [0.25, 0.3) is 0 Å². The molecule has 0 rings (SSSR count). The van der Waals surface area contributed by atoms with Crippen LogP contribution in [-0.4, -0.2) is 42.5 Å². The van der Waals surface area contributed by atoms with Crippen LogP contribution in [0.4, 0.5) is 0 Å². The normalized spacial score (nSPS) is 12.9. The highest BCUT2D eigenvalue weighted by atomic mass is 16.5. The molecule has 1 unspecified atom stereocenters. The number of carbonyl (C=O) groups is 2. The summed E-state index contributed by atoms with van der Waals surface area (Å²) in [5.41, 5.74) is 5.65. The molecule has 0 aliphatic rings. The van der Waals surface area contributed by atoms with Crippen LogP contribution in [-0.2, 0) is 14.3 Å². The van der Waals surface area contributed by atoms with Crippen molar-refractivity contribution in [3.05, 3.63) is 0 Å². The standard InChI is InChI=1S/C14H28N2O3/c1-6-8-9-16(10-11(17)19-7-2)13(18)12(15)14(3,4)5/h12H,6-10,15H2,1-5H3. The number of nitrogens with zero attached hydrogens (tertiary/aromatic N) is 1. The topological polar surface area (TPSA) is 72.6 Å². The molecule has 0 bridgehead atoms. The van der Waals surface area contributed by atoms with Crippen LogP contribution in [0.3, 0.4) is 0 Å². The lowest BCUT2D eigenvalue weighted by molar-refractivity contribution is -0.150. The lowest BCUT2D eigenvalue weighted by atomic mass is 9.86. The van der Waals surface area contributed by atoms with Crippen LogP contribution in [0.2, 0.25) is 0 Å². The van der Waals surface area contributed by atoms with Gasteiger partial charge in [0.1, 0.15) is 6.54 Å². The monoisotopic (exact) mass is 272 g/mol. The number of hydrogen-bond donors (Lipinski definition) is 1. The molecule has 1 amide bonds. The van der Waals surface area contributed by atoms with E-state index in [1.807, 2.05) is 27.7 Å². The molecule has 19 heavy (non-hydrogen) atoms. The molecule has 0 spiro atoms. The van der Waals surface area contributed by atoms with Crippen molar-refractivity contribution in [1.82, 2.24) is 4.90 Å². The van der Waals surface area contributed by atoms with E-state index >= 15 is 0 Å². The summed E-state index contributed by atoms with van der Waals surface area (Å²) in [5.74, 6) is -0.568. The maximum absolute atomic E-state index is 12.3. The Labute approximate surface area is 116 Å². The second kappa shape index (κ2) is 8.15. The fourth-order valence-electron chi connectivity index (χ4n) is 1.55. The summed E-state index contributed by atoms with van der Waals surface area (Å²) in [6, 6.07) is -0.612. The maximum Gasteiger partial charge on any atom is 0.325 e. The Morgan fingerprint density at radius 3 is 2.26 bits per heavy atom. The Morgan fingerprint density at radius 1 is 1.26 bits per heavy atom. The van der Waals surface area contributed by atoms with E-state index in [4.69, 9.17) is 10.5 Å². The van der Waals surface area contributed by atoms with Gasteiger partial charge in [-0.25, -0.2) is 0 Å². The third kappa shape index (κ3) is 6.57. The van der Waals surface area contributed by atoms with Gasteiger partial charge in [-0.2, -0.15) is 0 Å². The van der Waals surface area contributed by atoms with Crippen LogP contribution in [0.1, 0.15) is 47.5 Å². The van der Waals surface area contributed by atoms with Crippen LogP contribution in [0.5, 0.6) is 0 Å². The number of nitrogens with two attached hydrogens (primary N) is 1. The molecule has 0 saturated heterocycles. The molecule has 0 aliphatic heterocycles. The number of hydrogen-bond acceptors (Lipinski definition) is 4. The summed E-state index contributed by atoms with van der Waals surface area (Å²) in [7, 11) is 0. The smallest absolute Gasteiger partial charge is 0.325 e. The Balaban J connectivity index is 4.73. The second-order valence-corrected chi connectivity index (χ2v) is 5.76. The van der Waals surface area contributed by atoms with Gasteiger partial charge in [0.15, 0.2) is 0 Å². The largest absolute Gasteiger partial charge is 0.465 e. The van der Waals surface area contributed by atoms with Crippen molar-refractivity contribution in [2.75, 3.05) is 19.7 Å². The Hall–Kier alpha value is -1.10. The summed E-state index contributed by atoms with van der Waals surface area (Å²) in [6.07, 6.45) is 1.80. The van der Waals surface area contributed by atoms with Gasteiger partial charge < -0.3 is 15.4 Å². The summed E-state index contributed by atoms with van der Waals surface area (Å²) < 4.78 is 4.89. The summed E-state index contributed by atoms with van der Waals surface area (Å²) in [5, 5.41) is 0. The zero-order valence-corrected chi connectivity index (χ0v) is 12.9. The van der Waals surface area contributed by atoms with Crippen molar-refractivity contribution in [1.29, 1.82) is 0 Å². The summed E-state index contributed by atoms with van der Waals surface area (Å²) >= 11 is 0. The van der Waals surface area contributed by atoms with E-state index in [1.54, 1.807) is 6.92 Å². The van der Waals surface area contributed by atoms with Gasteiger partial charge in [-0.05, 0) is 18.8 Å². The van der Waals surface area contributed by atoms with E-state index in [-0.39, 0.29) is 23.8 Å². The van der Waals surface area contributed by atoms with Gasteiger partial charge >= 0.3 is 5.97 Å². The average Bonchev–Trinajstić information content (AvgIpc) is 2.31. The Morgan fingerprint density at radius 2 is 1.84 bits per heavy atom. The first-order valence-corrected chi connectivity index (χ1v) is 6.94. The first kappa shape index (κ1) is 17.9. The molecule has 0 aromatic carbocycles. The van der Waals surface area contributed by atoms with E-state index < -0.39 is 6.04 Å². The summed E-state index contributed by atoms with van der Waals surface area (Å²) in [4.78, 5) is 25.4. The van der Waals surface area contributed by atoms with Gasteiger partial charge in [0, 0.05) is 6.54 Å². The van der Waals surface area contributed by atoms with E-state index in [9.17, 15) is 9.59 Å². The molecule has 0 aromatic rings. The molecule has 2 N–H and O–H groups in total. The first-order chi connectivity index (χ1) is 8.73. The fraction of sp³-hybridized carbons (Fsp3) is 0.857. The molecule has 5 heteroatoms. The molecule has 0 aromatic heterocycles. The number of amides is 1. The third-order valence-electron chi connectivity index (χ3n) is 2.92. The molecule has 0 saturated carbocycles. The predicted octanol–water partition coefficient (Wildman–Crippen LogP) is 1.55. The van der Waals surface area contributed by atoms with E-state index in [0.717, 1.165) is 12.8 Å². The van der Waals surface area contributed by atoms with Crippen molar-refractivity contribution >= 4 is 11.9 Å². The number of ether oxygens (including phenoxy) is 1. The average molecular weight is 272 g/mol. The zero-order valence-electron chi connectivity index (χ0n) is 12.9. The minimum atomic E-state index is -0.612. The highest BCUT2D eigenvalue weighted by Gasteiger charge is 2.31. The van der Waals surface area contributed by atoms with Crippen molar-refractivity contribution in [2.24, 2.45) is 11.1 Å². The molecule has 5 nitrogen and oxygen atoms in total. The van der Waals surface area contributed by atoms with E-state index in [1.165, 1.54) is 4.90 Å². The van der Waals surface area contributed by atoms with Crippen molar-refractivity contribution in [3.63, 3.8) is 0 Å². The van der Waals surface area contributed by atoms with Gasteiger partial charge in [0.05, 0.1) is 12.6 Å². The van der Waals surface area contributed by atoms with Crippen LogP contribution in [0, 0.1) is 5.41 Å². The molecular formula is C14H28N2O3. The maximum atomic E-state index is 12.3. The minimum absolute atomic E-state index is 0.0174. The van der Waals surface area contributed by atoms with E-state index in [0.29, 0.717) is 13.2 Å². The molecular weight excluding hydrogens is 244 g/mol.